The van der Waals surface area contributed by atoms with Gasteiger partial charge in [0, 0.05) is 12.2 Å². The van der Waals surface area contributed by atoms with Gasteiger partial charge in [-0.3, -0.25) is 4.79 Å². The van der Waals surface area contributed by atoms with Gasteiger partial charge in [-0.1, -0.05) is 63.2 Å². The second kappa shape index (κ2) is 12.4. The number of esters is 1. The molecule has 0 unspecified atom stereocenters. The Labute approximate surface area is 213 Å². The molecule has 3 rings (SSSR count). The Morgan fingerprint density at radius 3 is 2.11 bits per heavy atom. The van der Waals surface area contributed by atoms with E-state index in [9.17, 15) is 14.4 Å². The molecule has 2 aromatic carbocycles. The zero-order valence-corrected chi connectivity index (χ0v) is 21.5. The number of ether oxygens (including phenoxy) is 2. The van der Waals surface area contributed by atoms with E-state index < -0.39 is 35.5 Å². The molecule has 0 bridgehead atoms. The fourth-order valence-electron chi connectivity index (χ4n) is 4.21. The summed E-state index contributed by atoms with van der Waals surface area (Å²) in [6.45, 7) is 5.64. The number of amides is 2. The fraction of sp³-hybridized carbons (Fsp3) is 0.464. The molecule has 8 nitrogen and oxygen atoms in total. The van der Waals surface area contributed by atoms with Crippen molar-refractivity contribution in [3.05, 3.63) is 54.6 Å². The lowest BCUT2D eigenvalue weighted by molar-refractivity contribution is -0.145. The maximum atomic E-state index is 13.2. The molecule has 1 saturated carbocycles. The van der Waals surface area contributed by atoms with Crippen molar-refractivity contribution < 1.29 is 23.9 Å². The highest BCUT2D eigenvalue weighted by Gasteiger charge is 2.36. The van der Waals surface area contributed by atoms with Gasteiger partial charge in [0.05, 0.1) is 7.11 Å². The summed E-state index contributed by atoms with van der Waals surface area (Å²) in [6, 6.07) is 16.0. The van der Waals surface area contributed by atoms with Crippen molar-refractivity contribution in [2.75, 3.05) is 19.0 Å². The third-order valence-corrected chi connectivity index (χ3v) is 6.27. The molecule has 0 radical (unpaired) electrons. The Bertz CT molecular complexity index is 1010. The topological polar surface area (TPSA) is 106 Å². The quantitative estimate of drug-likeness (QED) is 0.442. The highest BCUT2D eigenvalue weighted by molar-refractivity contribution is 5.90. The molecule has 1 aliphatic rings. The number of rotatable bonds is 9. The summed E-state index contributed by atoms with van der Waals surface area (Å²) in [7, 11) is 1.27. The number of carbonyl (C=O) groups is 3. The van der Waals surface area contributed by atoms with Crippen LogP contribution >= 0.6 is 0 Å². The lowest BCUT2D eigenvalue weighted by atomic mass is 9.86. The second-order valence-electron chi connectivity index (χ2n) is 10.2. The number of anilines is 1. The molecule has 0 spiro atoms. The van der Waals surface area contributed by atoms with E-state index in [4.69, 9.17) is 9.47 Å². The Balaban J connectivity index is 1.62. The van der Waals surface area contributed by atoms with Gasteiger partial charge in [-0.05, 0) is 54.4 Å². The molecule has 2 atom stereocenters. The summed E-state index contributed by atoms with van der Waals surface area (Å²) in [5.74, 6) is -1.07. The van der Waals surface area contributed by atoms with Gasteiger partial charge in [-0.15, -0.1) is 0 Å². The van der Waals surface area contributed by atoms with Crippen molar-refractivity contribution in [3.63, 3.8) is 0 Å². The molecule has 2 aromatic rings. The highest BCUT2D eigenvalue weighted by Crippen LogP contribution is 2.24. The van der Waals surface area contributed by atoms with Gasteiger partial charge < -0.3 is 25.4 Å². The first kappa shape index (κ1) is 27.0. The van der Waals surface area contributed by atoms with Crippen molar-refractivity contribution >= 4 is 23.7 Å². The van der Waals surface area contributed by atoms with Gasteiger partial charge in [0.25, 0.3) is 0 Å². The van der Waals surface area contributed by atoms with Gasteiger partial charge in [0.1, 0.15) is 18.2 Å². The monoisotopic (exact) mass is 495 g/mol. The van der Waals surface area contributed by atoms with Crippen molar-refractivity contribution in [1.82, 2.24) is 10.6 Å². The molecule has 194 valence electrons. The predicted molar refractivity (Wildman–Crippen MR) is 139 cm³/mol. The van der Waals surface area contributed by atoms with E-state index in [1.165, 1.54) is 7.11 Å². The lowest BCUT2D eigenvalue weighted by Crippen LogP contribution is -2.58. The molecular weight excluding hydrogens is 458 g/mol. The van der Waals surface area contributed by atoms with Crippen LogP contribution in [0.3, 0.4) is 0 Å². The molecule has 0 aromatic heterocycles. The van der Waals surface area contributed by atoms with Crippen LogP contribution in [0.2, 0.25) is 0 Å². The minimum atomic E-state index is -0.950. The molecule has 0 aliphatic heterocycles. The van der Waals surface area contributed by atoms with E-state index in [1.54, 1.807) is 0 Å². The minimum Gasteiger partial charge on any atom is -0.467 e. The summed E-state index contributed by atoms with van der Waals surface area (Å²) < 4.78 is 10.4. The molecule has 36 heavy (non-hydrogen) atoms. The van der Waals surface area contributed by atoms with Crippen LogP contribution in [0.5, 0.6) is 0 Å². The number of benzene rings is 2. The van der Waals surface area contributed by atoms with Gasteiger partial charge in [0.15, 0.2) is 0 Å². The number of nitrogens with one attached hydrogen (secondary N) is 3. The highest BCUT2D eigenvalue weighted by atomic mass is 16.6. The van der Waals surface area contributed by atoms with Crippen LogP contribution in [0.4, 0.5) is 10.5 Å². The SMILES string of the molecule is COC(=O)[C@H](CNc1ccc(-c2ccccc2)cc1)NC(=O)[C@@H](NC(=O)OC1CCCC1)C(C)(C)C. The molecule has 1 fully saturated rings. The third kappa shape index (κ3) is 7.73. The zero-order chi connectivity index (χ0) is 26.1. The van der Waals surface area contributed by atoms with Gasteiger partial charge in [-0.25, -0.2) is 9.59 Å². The van der Waals surface area contributed by atoms with Crippen LogP contribution < -0.4 is 16.0 Å². The number of alkyl carbamates (subject to hydrolysis) is 1. The Morgan fingerprint density at radius 1 is 0.917 bits per heavy atom. The summed E-state index contributed by atoms with van der Waals surface area (Å²) in [5.41, 5.74) is 2.36. The minimum absolute atomic E-state index is 0.117. The molecular formula is C28H37N3O5. The average Bonchev–Trinajstić information content (AvgIpc) is 3.37. The summed E-state index contributed by atoms with van der Waals surface area (Å²) in [5, 5.41) is 8.61. The number of carbonyl (C=O) groups excluding carboxylic acids is 3. The maximum Gasteiger partial charge on any atom is 0.408 e. The van der Waals surface area contributed by atoms with Crippen molar-refractivity contribution in [3.8, 4) is 11.1 Å². The maximum absolute atomic E-state index is 13.2. The van der Waals surface area contributed by atoms with E-state index in [0.717, 1.165) is 42.5 Å². The van der Waals surface area contributed by atoms with Gasteiger partial charge >= 0.3 is 12.1 Å². The average molecular weight is 496 g/mol. The number of methoxy groups -OCH3 is 1. The van der Waals surface area contributed by atoms with Crippen LogP contribution in [0.1, 0.15) is 46.5 Å². The number of hydrogen-bond acceptors (Lipinski definition) is 6. The van der Waals surface area contributed by atoms with E-state index >= 15 is 0 Å². The van der Waals surface area contributed by atoms with E-state index in [-0.39, 0.29) is 12.6 Å². The van der Waals surface area contributed by atoms with Crippen LogP contribution in [0.15, 0.2) is 54.6 Å². The van der Waals surface area contributed by atoms with Gasteiger partial charge in [-0.2, -0.15) is 0 Å². The van der Waals surface area contributed by atoms with Crippen molar-refractivity contribution in [2.45, 2.75) is 64.6 Å². The molecule has 0 heterocycles. The molecule has 3 N–H and O–H groups in total. The smallest absolute Gasteiger partial charge is 0.408 e. The summed E-state index contributed by atoms with van der Waals surface area (Å²) in [4.78, 5) is 38.1. The standard InChI is InChI=1S/C28H37N3O5/c1-28(2,3)24(31-27(34)36-22-12-8-9-13-22)25(32)30-23(26(33)35-4)18-29-21-16-14-20(15-17-21)19-10-6-5-7-11-19/h5-7,10-11,14-17,22-24,29H,8-9,12-13,18H2,1-4H3,(H,30,32)(H,31,34)/t23-,24+/m0/s1. The Kier molecular flexibility index (Phi) is 9.33. The van der Waals surface area contributed by atoms with E-state index in [2.05, 4.69) is 16.0 Å². The molecule has 2 amide bonds. The van der Waals surface area contributed by atoms with Crippen LogP contribution in [0.25, 0.3) is 11.1 Å². The zero-order valence-electron chi connectivity index (χ0n) is 21.5. The number of hydrogen-bond donors (Lipinski definition) is 3. The largest absolute Gasteiger partial charge is 0.467 e. The van der Waals surface area contributed by atoms with Crippen molar-refractivity contribution in [2.24, 2.45) is 5.41 Å². The van der Waals surface area contributed by atoms with Gasteiger partial charge in [0.2, 0.25) is 5.91 Å². The summed E-state index contributed by atoms with van der Waals surface area (Å²) in [6.07, 6.45) is 3.00. The summed E-state index contributed by atoms with van der Waals surface area (Å²) >= 11 is 0. The molecule has 1 aliphatic carbocycles. The van der Waals surface area contributed by atoms with Crippen molar-refractivity contribution in [1.29, 1.82) is 0 Å². The van der Waals surface area contributed by atoms with E-state index in [1.807, 2.05) is 75.4 Å². The van der Waals surface area contributed by atoms with E-state index in [0.29, 0.717) is 0 Å². The predicted octanol–water partition coefficient (Wildman–Crippen LogP) is 4.51. The first-order valence-electron chi connectivity index (χ1n) is 12.4. The molecule has 8 heteroatoms. The normalized spacial score (nSPS) is 15.4. The Hall–Kier alpha value is -3.55. The van der Waals surface area contributed by atoms with Crippen LogP contribution in [-0.4, -0.2) is 49.8 Å². The Morgan fingerprint density at radius 2 is 1.53 bits per heavy atom. The second-order valence-corrected chi connectivity index (χ2v) is 10.2. The third-order valence-electron chi connectivity index (χ3n) is 6.27. The van der Waals surface area contributed by atoms with Crippen LogP contribution in [-0.2, 0) is 19.1 Å². The molecule has 0 saturated heterocycles. The first-order valence-corrected chi connectivity index (χ1v) is 12.4. The first-order chi connectivity index (χ1) is 17.2. The lowest BCUT2D eigenvalue weighted by Gasteiger charge is -2.31. The van der Waals surface area contributed by atoms with Crippen LogP contribution in [0, 0.1) is 5.41 Å². The fourth-order valence-corrected chi connectivity index (χ4v) is 4.21.